The van der Waals surface area contributed by atoms with Gasteiger partial charge in [0.05, 0.1) is 19.6 Å². The number of methoxy groups -OCH3 is 1. The third kappa shape index (κ3) is 6.90. The number of rotatable bonds is 8. The largest absolute Gasteiger partial charge is 0.469 e. The summed E-state index contributed by atoms with van der Waals surface area (Å²) in [5.41, 5.74) is 1.20. The lowest BCUT2D eigenvalue weighted by Gasteiger charge is -2.19. The van der Waals surface area contributed by atoms with Crippen LogP contribution in [0.3, 0.4) is 0 Å². The molecule has 1 atom stereocenters. The number of nitrogens with one attached hydrogen (secondary N) is 1. The number of hydrogen-bond donors (Lipinski definition) is 1. The summed E-state index contributed by atoms with van der Waals surface area (Å²) in [5.74, 6) is -0.533. The first kappa shape index (κ1) is 17.2. The number of likely N-dealkylation sites (N-methyl/N-ethyl adjacent to an activating group) is 1. The smallest absolute Gasteiger partial charge is 0.309 e. The molecule has 0 fully saturated rings. The fourth-order valence-electron chi connectivity index (χ4n) is 2.10. The van der Waals surface area contributed by atoms with Gasteiger partial charge in [0.25, 0.3) is 0 Å². The van der Waals surface area contributed by atoms with Gasteiger partial charge in [0.15, 0.2) is 0 Å². The lowest BCUT2D eigenvalue weighted by Crippen LogP contribution is -2.39. The van der Waals surface area contributed by atoms with Crippen molar-refractivity contribution >= 4 is 11.9 Å². The summed E-state index contributed by atoms with van der Waals surface area (Å²) in [4.78, 5) is 24.9. The lowest BCUT2D eigenvalue weighted by molar-refractivity contribution is -0.145. The summed E-state index contributed by atoms with van der Waals surface area (Å²) >= 11 is 0. The van der Waals surface area contributed by atoms with Crippen molar-refractivity contribution < 1.29 is 14.3 Å². The van der Waals surface area contributed by atoms with Gasteiger partial charge in [-0.1, -0.05) is 37.3 Å². The number of esters is 1. The Morgan fingerprint density at radius 2 is 1.95 bits per heavy atom. The van der Waals surface area contributed by atoms with Gasteiger partial charge in [-0.2, -0.15) is 0 Å². The van der Waals surface area contributed by atoms with E-state index in [0.717, 1.165) is 6.42 Å². The van der Waals surface area contributed by atoms with Gasteiger partial charge in [-0.15, -0.1) is 0 Å². The summed E-state index contributed by atoms with van der Waals surface area (Å²) in [7, 11) is 3.19. The number of carbonyl (C=O) groups excluding carboxylic acids is 2. The minimum absolute atomic E-state index is 0.0366. The van der Waals surface area contributed by atoms with Gasteiger partial charge < -0.3 is 10.1 Å². The maximum absolute atomic E-state index is 11.8. The van der Waals surface area contributed by atoms with Crippen LogP contribution in [0.2, 0.25) is 0 Å². The molecule has 0 aliphatic heterocycles. The van der Waals surface area contributed by atoms with Gasteiger partial charge in [0.1, 0.15) is 0 Å². The van der Waals surface area contributed by atoms with Crippen LogP contribution in [0, 0.1) is 5.92 Å². The monoisotopic (exact) mass is 292 g/mol. The second kappa shape index (κ2) is 9.13. The van der Waals surface area contributed by atoms with Crippen LogP contribution in [-0.4, -0.2) is 50.6 Å². The molecule has 0 spiro atoms. The highest BCUT2D eigenvalue weighted by atomic mass is 16.5. The molecule has 0 aliphatic carbocycles. The van der Waals surface area contributed by atoms with Gasteiger partial charge >= 0.3 is 5.97 Å². The molecule has 0 heterocycles. The molecule has 1 aromatic rings. The Labute approximate surface area is 126 Å². The van der Waals surface area contributed by atoms with Crippen LogP contribution < -0.4 is 5.32 Å². The van der Waals surface area contributed by atoms with Crippen LogP contribution in [0.4, 0.5) is 0 Å². The fraction of sp³-hybridized carbons (Fsp3) is 0.500. The molecule has 0 radical (unpaired) electrons. The fourth-order valence-corrected chi connectivity index (χ4v) is 2.10. The zero-order valence-corrected chi connectivity index (χ0v) is 13.0. The SMILES string of the molecule is COC(=O)C(C)CN(C)CC(=O)NCCc1ccccc1. The lowest BCUT2D eigenvalue weighted by atomic mass is 10.1. The number of hydrogen-bond acceptors (Lipinski definition) is 4. The van der Waals surface area contributed by atoms with Crippen molar-refractivity contribution in [3.8, 4) is 0 Å². The van der Waals surface area contributed by atoms with Crippen LogP contribution in [0.25, 0.3) is 0 Å². The molecular weight excluding hydrogens is 268 g/mol. The molecule has 1 unspecified atom stereocenters. The van der Waals surface area contributed by atoms with Gasteiger partial charge in [0.2, 0.25) is 5.91 Å². The van der Waals surface area contributed by atoms with Gasteiger partial charge in [-0.05, 0) is 19.0 Å². The Balaban J connectivity index is 2.22. The van der Waals surface area contributed by atoms with E-state index < -0.39 is 0 Å². The van der Waals surface area contributed by atoms with E-state index in [2.05, 4.69) is 10.1 Å². The zero-order valence-electron chi connectivity index (χ0n) is 13.0. The number of nitrogens with zero attached hydrogens (tertiary/aromatic N) is 1. The van der Waals surface area contributed by atoms with E-state index in [1.807, 2.05) is 42.3 Å². The molecule has 1 rings (SSSR count). The molecule has 0 bridgehead atoms. The van der Waals surface area contributed by atoms with E-state index in [-0.39, 0.29) is 24.3 Å². The van der Waals surface area contributed by atoms with Gasteiger partial charge in [0, 0.05) is 13.1 Å². The minimum atomic E-state index is -0.258. The molecule has 0 aliphatic rings. The topological polar surface area (TPSA) is 58.6 Å². The van der Waals surface area contributed by atoms with Crippen molar-refractivity contribution in [3.63, 3.8) is 0 Å². The van der Waals surface area contributed by atoms with Crippen LogP contribution in [0.15, 0.2) is 30.3 Å². The first-order chi connectivity index (χ1) is 10.0. The average molecular weight is 292 g/mol. The Bertz CT molecular complexity index is 448. The first-order valence-electron chi connectivity index (χ1n) is 7.10. The van der Waals surface area contributed by atoms with E-state index >= 15 is 0 Å². The van der Waals surface area contributed by atoms with Crippen LogP contribution in [-0.2, 0) is 20.7 Å². The molecule has 116 valence electrons. The highest BCUT2D eigenvalue weighted by Crippen LogP contribution is 2.00. The summed E-state index contributed by atoms with van der Waals surface area (Å²) in [5, 5.41) is 2.88. The van der Waals surface area contributed by atoms with Gasteiger partial charge in [-0.25, -0.2) is 0 Å². The molecule has 1 aromatic carbocycles. The summed E-state index contributed by atoms with van der Waals surface area (Å²) in [6.07, 6.45) is 0.814. The number of carbonyl (C=O) groups is 2. The predicted octanol–water partition coefficient (Wildman–Crippen LogP) is 1.09. The Kier molecular flexibility index (Phi) is 7.46. The zero-order chi connectivity index (χ0) is 15.7. The summed E-state index contributed by atoms with van der Waals surface area (Å²) < 4.78 is 4.67. The van der Waals surface area contributed by atoms with E-state index in [0.29, 0.717) is 13.1 Å². The quantitative estimate of drug-likeness (QED) is 0.729. The minimum Gasteiger partial charge on any atom is -0.469 e. The molecule has 21 heavy (non-hydrogen) atoms. The van der Waals surface area contributed by atoms with Crippen LogP contribution in [0.5, 0.6) is 0 Å². The molecule has 5 heteroatoms. The third-order valence-electron chi connectivity index (χ3n) is 3.18. The van der Waals surface area contributed by atoms with Gasteiger partial charge in [-0.3, -0.25) is 14.5 Å². The number of benzene rings is 1. The second-order valence-electron chi connectivity index (χ2n) is 5.21. The molecule has 5 nitrogen and oxygen atoms in total. The van der Waals surface area contributed by atoms with Crippen LogP contribution in [0.1, 0.15) is 12.5 Å². The van der Waals surface area contributed by atoms with Crippen molar-refractivity contribution in [2.45, 2.75) is 13.3 Å². The number of ether oxygens (including phenoxy) is 1. The highest BCUT2D eigenvalue weighted by molar-refractivity contribution is 5.78. The third-order valence-corrected chi connectivity index (χ3v) is 3.18. The molecular formula is C16H24N2O3. The van der Waals surface area contributed by atoms with Crippen molar-refractivity contribution in [2.24, 2.45) is 5.92 Å². The maximum Gasteiger partial charge on any atom is 0.309 e. The van der Waals surface area contributed by atoms with Crippen molar-refractivity contribution in [2.75, 3.05) is 33.8 Å². The molecule has 0 saturated carbocycles. The summed E-state index contributed by atoms with van der Waals surface area (Å²) in [6, 6.07) is 10.0. The Hall–Kier alpha value is -1.88. The van der Waals surface area contributed by atoms with Crippen molar-refractivity contribution in [1.29, 1.82) is 0 Å². The molecule has 1 N–H and O–H groups in total. The normalized spacial score (nSPS) is 12.0. The second-order valence-corrected chi connectivity index (χ2v) is 5.21. The molecule has 0 aromatic heterocycles. The van der Waals surface area contributed by atoms with Crippen molar-refractivity contribution in [3.05, 3.63) is 35.9 Å². The summed E-state index contributed by atoms with van der Waals surface area (Å²) in [6.45, 7) is 3.17. The van der Waals surface area contributed by atoms with E-state index in [4.69, 9.17) is 0 Å². The predicted molar refractivity (Wildman–Crippen MR) is 81.8 cm³/mol. The number of amides is 1. The van der Waals surface area contributed by atoms with E-state index in [1.165, 1.54) is 12.7 Å². The van der Waals surface area contributed by atoms with E-state index in [1.54, 1.807) is 6.92 Å². The van der Waals surface area contributed by atoms with Crippen LogP contribution >= 0.6 is 0 Å². The first-order valence-corrected chi connectivity index (χ1v) is 7.10. The highest BCUT2D eigenvalue weighted by Gasteiger charge is 2.16. The molecule has 0 saturated heterocycles. The Morgan fingerprint density at radius 3 is 2.57 bits per heavy atom. The average Bonchev–Trinajstić information content (AvgIpc) is 2.47. The standard InChI is InChI=1S/C16H24N2O3/c1-13(16(20)21-3)11-18(2)12-15(19)17-10-9-14-7-5-4-6-8-14/h4-8,13H,9-12H2,1-3H3,(H,17,19). The maximum atomic E-state index is 11.8. The van der Waals surface area contributed by atoms with Crippen molar-refractivity contribution in [1.82, 2.24) is 10.2 Å². The Morgan fingerprint density at radius 1 is 1.29 bits per heavy atom. The van der Waals surface area contributed by atoms with E-state index in [9.17, 15) is 9.59 Å². The molecule has 1 amide bonds.